The van der Waals surface area contributed by atoms with Crippen molar-refractivity contribution in [1.29, 1.82) is 0 Å². The average Bonchev–Trinajstić information content (AvgIpc) is 3.43. The molecule has 1 aromatic heterocycles. The van der Waals surface area contributed by atoms with Gasteiger partial charge in [-0.2, -0.15) is 0 Å². The first-order valence-electron chi connectivity index (χ1n) is 12.2. The van der Waals surface area contributed by atoms with Crippen molar-refractivity contribution in [2.24, 2.45) is 0 Å². The van der Waals surface area contributed by atoms with Gasteiger partial charge in [0.15, 0.2) is 0 Å². The van der Waals surface area contributed by atoms with Crippen LogP contribution in [0.25, 0.3) is 11.3 Å². The minimum atomic E-state index is -0.195. The van der Waals surface area contributed by atoms with E-state index in [-0.39, 0.29) is 12.0 Å². The smallest absolute Gasteiger partial charge is 0.305 e. The van der Waals surface area contributed by atoms with E-state index in [4.69, 9.17) is 14.5 Å². The molecule has 0 aliphatic heterocycles. The number of esters is 1. The Balaban J connectivity index is 1.25. The van der Waals surface area contributed by atoms with E-state index < -0.39 is 0 Å². The van der Waals surface area contributed by atoms with Gasteiger partial charge in [-0.15, -0.1) is 11.3 Å². The lowest BCUT2D eigenvalue weighted by Crippen LogP contribution is -2.20. The first-order valence-corrected chi connectivity index (χ1v) is 13.1. The number of aryl methyl sites for hydroxylation is 1. The van der Waals surface area contributed by atoms with Gasteiger partial charge in [-0.1, -0.05) is 73.7 Å². The van der Waals surface area contributed by atoms with Crippen molar-refractivity contribution < 1.29 is 14.3 Å². The van der Waals surface area contributed by atoms with E-state index in [1.54, 1.807) is 11.3 Å². The van der Waals surface area contributed by atoms with E-state index in [9.17, 15) is 4.79 Å². The van der Waals surface area contributed by atoms with Crippen molar-refractivity contribution in [3.8, 4) is 17.0 Å². The molecule has 0 saturated carbocycles. The number of methoxy groups -OCH3 is 1. The summed E-state index contributed by atoms with van der Waals surface area (Å²) >= 11 is 1.71. The average molecular weight is 501 g/mol. The predicted molar refractivity (Wildman–Crippen MR) is 145 cm³/mol. The summed E-state index contributed by atoms with van der Waals surface area (Å²) in [5, 5.41) is 6.92. The van der Waals surface area contributed by atoms with Gasteiger partial charge in [-0.25, -0.2) is 4.98 Å². The summed E-state index contributed by atoms with van der Waals surface area (Å²) in [5.74, 6) is 0.617. The molecule has 0 bridgehead atoms. The van der Waals surface area contributed by atoms with Crippen LogP contribution in [0.2, 0.25) is 0 Å². The van der Waals surface area contributed by atoms with Crippen LogP contribution in [0.4, 0.5) is 0 Å². The summed E-state index contributed by atoms with van der Waals surface area (Å²) in [7, 11) is 1.41. The number of carbonyl (C=O) groups excluding carboxylic acids is 1. The standard InChI is InChI=1S/C30H32N2O3S/c1-3-27(30-32-28(21-36-30)25-7-5-4-6-8-25)31-19-23-9-11-24(12-10-23)20-35-26-16-13-22(14-17-26)15-18-29(33)34-2/h4-14,16-17,21,27,31H,3,15,18-20H2,1-2H3. The lowest BCUT2D eigenvalue weighted by molar-refractivity contribution is -0.140. The molecule has 5 nitrogen and oxygen atoms in total. The number of nitrogens with zero attached hydrogens (tertiary/aromatic N) is 1. The molecule has 0 saturated heterocycles. The zero-order valence-corrected chi connectivity index (χ0v) is 21.6. The molecule has 0 aliphatic rings. The van der Waals surface area contributed by atoms with E-state index in [2.05, 4.69) is 54.0 Å². The Bertz CT molecular complexity index is 1220. The number of carbonyl (C=O) groups is 1. The van der Waals surface area contributed by atoms with Gasteiger partial charge in [0.25, 0.3) is 0 Å². The van der Waals surface area contributed by atoms with Crippen LogP contribution in [-0.4, -0.2) is 18.1 Å². The van der Waals surface area contributed by atoms with Crippen molar-refractivity contribution >= 4 is 17.3 Å². The van der Waals surface area contributed by atoms with Crippen LogP contribution in [0.5, 0.6) is 5.75 Å². The van der Waals surface area contributed by atoms with Crippen LogP contribution in [0.15, 0.2) is 84.2 Å². The van der Waals surface area contributed by atoms with Crippen LogP contribution in [0.3, 0.4) is 0 Å². The molecule has 0 radical (unpaired) electrons. The monoisotopic (exact) mass is 500 g/mol. The number of thiazole rings is 1. The molecule has 4 rings (SSSR count). The Hall–Kier alpha value is -3.48. The highest BCUT2D eigenvalue weighted by Gasteiger charge is 2.14. The summed E-state index contributed by atoms with van der Waals surface area (Å²) < 4.78 is 10.6. The number of benzene rings is 3. The molecule has 1 atom stereocenters. The summed E-state index contributed by atoms with van der Waals surface area (Å²) in [6.07, 6.45) is 2.03. The topological polar surface area (TPSA) is 60.5 Å². The first-order chi connectivity index (χ1) is 17.6. The minimum Gasteiger partial charge on any atom is -0.489 e. The zero-order chi connectivity index (χ0) is 25.2. The summed E-state index contributed by atoms with van der Waals surface area (Å²) in [6, 6.07) is 26.9. The molecule has 0 amide bonds. The highest BCUT2D eigenvalue weighted by atomic mass is 32.1. The third kappa shape index (κ3) is 7.26. The van der Waals surface area contributed by atoms with Crippen molar-refractivity contribution in [3.05, 3.63) is 106 Å². The van der Waals surface area contributed by atoms with E-state index in [0.717, 1.165) is 46.1 Å². The van der Waals surface area contributed by atoms with Gasteiger partial charge in [0.2, 0.25) is 0 Å². The Morgan fingerprint density at radius 3 is 2.33 bits per heavy atom. The van der Waals surface area contributed by atoms with Gasteiger partial charge in [0.05, 0.1) is 18.8 Å². The molecule has 6 heteroatoms. The van der Waals surface area contributed by atoms with Crippen LogP contribution >= 0.6 is 11.3 Å². The van der Waals surface area contributed by atoms with Gasteiger partial charge >= 0.3 is 5.97 Å². The molecule has 186 valence electrons. The second-order valence-corrected chi connectivity index (χ2v) is 9.49. The van der Waals surface area contributed by atoms with Gasteiger partial charge in [0.1, 0.15) is 17.4 Å². The normalized spacial score (nSPS) is 11.7. The van der Waals surface area contributed by atoms with Crippen LogP contribution < -0.4 is 10.1 Å². The highest BCUT2D eigenvalue weighted by Crippen LogP contribution is 2.27. The highest BCUT2D eigenvalue weighted by molar-refractivity contribution is 7.10. The fourth-order valence-corrected chi connectivity index (χ4v) is 4.84. The fraction of sp³-hybridized carbons (Fsp3) is 0.267. The predicted octanol–water partition coefficient (Wildman–Crippen LogP) is 6.74. The maximum Gasteiger partial charge on any atom is 0.305 e. The molecule has 1 unspecified atom stereocenters. The number of aromatic nitrogens is 1. The van der Waals surface area contributed by atoms with Gasteiger partial charge in [0, 0.05) is 23.9 Å². The van der Waals surface area contributed by atoms with Crippen molar-refractivity contribution in [2.75, 3.05) is 7.11 Å². The molecule has 36 heavy (non-hydrogen) atoms. The summed E-state index contributed by atoms with van der Waals surface area (Å²) in [5.41, 5.74) is 5.63. The van der Waals surface area contributed by atoms with E-state index in [0.29, 0.717) is 19.4 Å². The van der Waals surface area contributed by atoms with Crippen LogP contribution in [0.1, 0.15) is 47.5 Å². The maximum absolute atomic E-state index is 11.3. The molecule has 0 fully saturated rings. The molecule has 1 N–H and O–H groups in total. The SMILES string of the molecule is CCC(NCc1ccc(COc2ccc(CCC(=O)OC)cc2)cc1)c1nc(-c2ccccc2)cs1. The maximum atomic E-state index is 11.3. The second kappa shape index (κ2) is 13.0. The number of hydrogen-bond donors (Lipinski definition) is 1. The third-order valence-corrected chi connectivity index (χ3v) is 7.01. The number of rotatable bonds is 12. The van der Waals surface area contributed by atoms with Gasteiger partial charge < -0.3 is 14.8 Å². The summed E-state index contributed by atoms with van der Waals surface area (Å²) in [6.45, 7) is 3.48. The Kier molecular flexibility index (Phi) is 9.25. The van der Waals surface area contributed by atoms with E-state index in [1.165, 1.54) is 12.7 Å². The Labute approximate surface area is 217 Å². The number of hydrogen-bond acceptors (Lipinski definition) is 6. The van der Waals surface area contributed by atoms with E-state index in [1.807, 2.05) is 42.5 Å². The molecular weight excluding hydrogens is 468 g/mol. The third-order valence-electron chi connectivity index (χ3n) is 6.05. The lowest BCUT2D eigenvalue weighted by Gasteiger charge is -2.15. The Morgan fingerprint density at radius 1 is 0.944 bits per heavy atom. The van der Waals surface area contributed by atoms with E-state index >= 15 is 0 Å². The van der Waals surface area contributed by atoms with Crippen molar-refractivity contribution in [3.63, 3.8) is 0 Å². The Morgan fingerprint density at radius 2 is 1.64 bits per heavy atom. The summed E-state index contributed by atoms with van der Waals surface area (Å²) in [4.78, 5) is 16.2. The number of ether oxygens (including phenoxy) is 2. The zero-order valence-electron chi connectivity index (χ0n) is 20.8. The largest absolute Gasteiger partial charge is 0.489 e. The van der Waals surface area contributed by atoms with Gasteiger partial charge in [-0.05, 0) is 41.7 Å². The molecule has 0 spiro atoms. The quantitative estimate of drug-likeness (QED) is 0.218. The molecular formula is C30H32N2O3S. The molecule has 1 heterocycles. The fourth-order valence-electron chi connectivity index (χ4n) is 3.86. The molecule has 0 aliphatic carbocycles. The van der Waals surface area contributed by atoms with Crippen LogP contribution in [0, 0.1) is 0 Å². The van der Waals surface area contributed by atoms with Crippen molar-refractivity contribution in [1.82, 2.24) is 10.3 Å². The first kappa shape index (κ1) is 25.6. The number of nitrogens with one attached hydrogen (secondary N) is 1. The molecule has 3 aromatic carbocycles. The van der Waals surface area contributed by atoms with Crippen LogP contribution in [-0.2, 0) is 29.1 Å². The minimum absolute atomic E-state index is 0.195. The molecule has 4 aromatic rings. The van der Waals surface area contributed by atoms with Gasteiger partial charge in [-0.3, -0.25) is 4.79 Å². The van der Waals surface area contributed by atoms with Crippen molar-refractivity contribution in [2.45, 2.75) is 45.4 Å². The second-order valence-electron chi connectivity index (χ2n) is 8.60. The lowest BCUT2D eigenvalue weighted by atomic mass is 10.1.